The predicted molar refractivity (Wildman–Crippen MR) is 35.3 cm³/mol. The highest BCUT2D eigenvalue weighted by Gasteiger charge is 2.05. The summed E-state index contributed by atoms with van der Waals surface area (Å²) in [5.74, 6) is -1.03. The Balaban J connectivity index is 3.59. The second-order valence-electron chi connectivity index (χ2n) is 1.86. The molecule has 0 aliphatic rings. The van der Waals surface area contributed by atoms with E-state index in [9.17, 15) is 9.70 Å². The van der Waals surface area contributed by atoms with E-state index in [1.807, 2.05) is 6.92 Å². The number of carbonyl (C=O) groups is 1. The van der Waals surface area contributed by atoms with Gasteiger partial charge in [0.25, 0.3) is 0 Å². The fraction of sp³-hybridized carbons (Fsp3) is 0.800. The van der Waals surface area contributed by atoms with Crippen LogP contribution in [0.1, 0.15) is 13.3 Å². The van der Waals surface area contributed by atoms with Gasteiger partial charge in [0.15, 0.2) is 0 Å². The minimum absolute atomic E-state index is 0.308. The molecule has 10 heavy (non-hydrogen) atoms. The van der Waals surface area contributed by atoms with Crippen LogP contribution in [0.2, 0.25) is 0 Å². The first-order chi connectivity index (χ1) is 4.70. The highest BCUT2D eigenvalue weighted by Crippen LogP contribution is 1.90. The van der Waals surface area contributed by atoms with Gasteiger partial charge in [0.05, 0.1) is 5.29 Å². The van der Waals surface area contributed by atoms with Crippen molar-refractivity contribution in [3.05, 3.63) is 4.91 Å². The quantitative estimate of drug-likeness (QED) is 0.452. The molecular weight excluding hydrogens is 136 g/mol. The highest BCUT2D eigenvalue weighted by molar-refractivity contribution is 5.68. The Morgan fingerprint density at radius 2 is 2.30 bits per heavy atom. The van der Waals surface area contributed by atoms with Gasteiger partial charge >= 0.3 is 5.97 Å². The highest BCUT2D eigenvalue weighted by atomic mass is 16.4. The lowest BCUT2D eigenvalue weighted by Crippen LogP contribution is -2.24. The molecule has 0 bridgehead atoms. The van der Waals surface area contributed by atoms with E-state index in [1.165, 1.54) is 0 Å². The number of carboxylic acids is 1. The van der Waals surface area contributed by atoms with Gasteiger partial charge in [0.1, 0.15) is 6.54 Å². The smallest absolute Gasteiger partial charge is 0.324 e. The van der Waals surface area contributed by atoms with Crippen molar-refractivity contribution in [2.75, 3.05) is 13.1 Å². The summed E-state index contributed by atoms with van der Waals surface area (Å²) < 4.78 is 0. The van der Waals surface area contributed by atoms with Crippen LogP contribution in [0.15, 0.2) is 5.29 Å². The Morgan fingerprint density at radius 1 is 1.70 bits per heavy atom. The lowest BCUT2D eigenvalue weighted by atomic mass is 10.4. The summed E-state index contributed by atoms with van der Waals surface area (Å²) in [5.41, 5.74) is 0. The molecular formula is C5H10N2O3. The fourth-order valence-electron chi connectivity index (χ4n) is 0.563. The molecule has 0 aromatic rings. The van der Waals surface area contributed by atoms with Crippen molar-refractivity contribution in [1.82, 2.24) is 5.01 Å². The topological polar surface area (TPSA) is 70.0 Å². The van der Waals surface area contributed by atoms with E-state index in [0.717, 1.165) is 11.4 Å². The van der Waals surface area contributed by atoms with E-state index >= 15 is 0 Å². The molecule has 1 N–H and O–H groups in total. The molecule has 0 aromatic heterocycles. The maximum atomic E-state index is 10.0. The van der Waals surface area contributed by atoms with E-state index in [1.54, 1.807) is 0 Å². The molecule has 5 heteroatoms. The monoisotopic (exact) mass is 146 g/mol. The Hall–Kier alpha value is -1.13. The molecule has 0 fully saturated rings. The Labute approximate surface area is 58.6 Å². The number of nitroso groups, excluding NO2 is 1. The third-order valence-corrected chi connectivity index (χ3v) is 0.915. The van der Waals surface area contributed by atoms with E-state index in [0.29, 0.717) is 6.54 Å². The van der Waals surface area contributed by atoms with Crippen LogP contribution >= 0.6 is 0 Å². The van der Waals surface area contributed by atoms with Crippen molar-refractivity contribution in [3.8, 4) is 0 Å². The minimum atomic E-state index is -1.03. The van der Waals surface area contributed by atoms with E-state index in [-0.39, 0.29) is 6.54 Å². The fourth-order valence-corrected chi connectivity index (χ4v) is 0.563. The molecule has 58 valence electrons. The van der Waals surface area contributed by atoms with Crippen LogP contribution in [0.25, 0.3) is 0 Å². The maximum Gasteiger partial charge on any atom is 0.324 e. The van der Waals surface area contributed by atoms with Crippen LogP contribution in [0.3, 0.4) is 0 Å². The Morgan fingerprint density at radius 3 is 2.60 bits per heavy atom. The molecule has 0 aliphatic carbocycles. The van der Waals surface area contributed by atoms with Crippen LogP contribution in [0.4, 0.5) is 0 Å². The first-order valence-corrected chi connectivity index (χ1v) is 3.00. The molecule has 0 atom stereocenters. The zero-order valence-electron chi connectivity index (χ0n) is 5.78. The standard InChI is InChI=1S/C5H10N2O3/c1-2-3-7(6-10)4-5(8)9/h2-4H2,1H3,(H,8,9). The van der Waals surface area contributed by atoms with Crippen molar-refractivity contribution < 1.29 is 9.90 Å². The van der Waals surface area contributed by atoms with Crippen LogP contribution < -0.4 is 0 Å². The summed E-state index contributed by atoms with van der Waals surface area (Å²) >= 11 is 0. The van der Waals surface area contributed by atoms with Gasteiger partial charge in [-0.15, -0.1) is 4.91 Å². The van der Waals surface area contributed by atoms with Gasteiger partial charge in [-0.3, -0.25) is 4.79 Å². The molecule has 0 unspecified atom stereocenters. The third-order valence-electron chi connectivity index (χ3n) is 0.915. The second-order valence-corrected chi connectivity index (χ2v) is 1.86. The summed E-state index contributed by atoms with van der Waals surface area (Å²) in [6, 6.07) is 0. The van der Waals surface area contributed by atoms with Gasteiger partial charge in [0, 0.05) is 6.54 Å². The summed E-state index contributed by atoms with van der Waals surface area (Å²) in [6.07, 6.45) is 0.721. The molecule has 0 radical (unpaired) electrons. The second kappa shape index (κ2) is 4.72. The number of rotatable bonds is 5. The molecule has 0 spiro atoms. The van der Waals surface area contributed by atoms with Crippen LogP contribution in [0.5, 0.6) is 0 Å². The Bertz CT molecular complexity index is 126. The molecule has 0 saturated carbocycles. The molecule has 0 aromatic carbocycles. The molecule has 0 saturated heterocycles. The largest absolute Gasteiger partial charge is 0.480 e. The number of hydrogen-bond acceptors (Lipinski definition) is 3. The lowest BCUT2D eigenvalue weighted by Gasteiger charge is -2.09. The minimum Gasteiger partial charge on any atom is -0.480 e. The van der Waals surface area contributed by atoms with Crippen LogP contribution in [0, 0.1) is 4.91 Å². The van der Waals surface area contributed by atoms with Crippen molar-refractivity contribution in [2.45, 2.75) is 13.3 Å². The van der Waals surface area contributed by atoms with Gasteiger partial charge < -0.3 is 5.11 Å². The third kappa shape index (κ3) is 3.82. The van der Waals surface area contributed by atoms with Gasteiger partial charge in [-0.2, -0.15) is 0 Å². The van der Waals surface area contributed by atoms with Gasteiger partial charge in [-0.1, -0.05) is 6.92 Å². The van der Waals surface area contributed by atoms with Gasteiger partial charge in [-0.05, 0) is 6.42 Å². The van der Waals surface area contributed by atoms with Crippen molar-refractivity contribution in [2.24, 2.45) is 5.29 Å². The average molecular weight is 146 g/mol. The summed E-state index contributed by atoms with van der Waals surface area (Å²) in [4.78, 5) is 19.8. The zero-order valence-corrected chi connectivity index (χ0v) is 5.78. The molecule has 0 rings (SSSR count). The Kier molecular flexibility index (Phi) is 4.19. The lowest BCUT2D eigenvalue weighted by molar-refractivity contribution is -0.138. The maximum absolute atomic E-state index is 10.0. The van der Waals surface area contributed by atoms with Crippen LogP contribution in [-0.2, 0) is 4.79 Å². The number of carboxylic acid groups (broad SMARTS) is 1. The number of aliphatic carboxylic acids is 1. The van der Waals surface area contributed by atoms with Gasteiger partial charge in [0.2, 0.25) is 0 Å². The molecule has 5 nitrogen and oxygen atoms in total. The zero-order chi connectivity index (χ0) is 7.98. The number of hydrogen-bond donors (Lipinski definition) is 1. The predicted octanol–water partition coefficient (Wildman–Crippen LogP) is 0.464. The molecule has 0 heterocycles. The van der Waals surface area contributed by atoms with E-state index in [2.05, 4.69) is 5.29 Å². The molecule has 0 aliphatic heterocycles. The van der Waals surface area contributed by atoms with Crippen molar-refractivity contribution in [3.63, 3.8) is 0 Å². The van der Waals surface area contributed by atoms with Crippen molar-refractivity contribution >= 4 is 5.97 Å². The first kappa shape index (κ1) is 8.87. The molecule has 0 amide bonds. The summed E-state index contributed by atoms with van der Waals surface area (Å²) in [7, 11) is 0. The first-order valence-electron chi connectivity index (χ1n) is 3.00. The van der Waals surface area contributed by atoms with Gasteiger partial charge in [-0.25, -0.2) is 5.01 Å². The van der Waals surface area contributed by atoms with Crippen LogP contribution in [-0.4, -0.2) is 29.2 Å². The summed E-state index contributed by atoms with van der Waals surface area (Å²) in [6.45, 7) is 1.94. The SMILES string of the molecule is CCCN(CC(=O)O)N=O. The van der Waals surface area contributed by atoms with E-state index < -0.39 is 5.97 Å². The number of nitrogens with zero attached hydrogens (tertiary/aromatic N) is 2. The average Bonchev–Trinajstić information content (AvgIpc) is 1.86. The summed E-state index contributed by atoms with van der Waals surface area (Å²) in [5, 5.41) is 11.7. The van der Waals surface area contributed by atoms with E-state index in [4.69, 9.17) is 5.11 Å². The van der Waals surface area contributed by atoms with Crippen molar-refractivity contribution in [1.29, 1.82) is 0 Å². The normalized spacial score (nSPS) is 8.90.